The first-order valence-electron chi connectivity index (χ1n) is 5.08. The summed E-state index contributed by atoms with van der Waals surface area (Å²) in [5, 5.41) is 9.97. The molecular formula is C12H14Cl2O2. The highest BCUT2D eigenvalue weighted by Crippen LogP contribution is 2.34. The lowest BCUT2D eigenvalue weighted by atomic mass is 9.86. The lowest BCUT2D eigenvalue weighted by molar-refractivity contribution is -0.137. The molecule has 0 saturated heterocycles. The van der Waals surface area contributed by atoms with Gasteiger partial charge in [-0.05, 0) is 29.5 Å². The molecule has 4 heteroatoms. The average molecular weight is 261 g/mol. The highest BCUT2D eigenvalue weighted by molar-refractivity contribution is 6.35. The van der Waals surface area contributed by atoms with Crippen molar-refractivity contribution in [1.82, 2.24) is 0 Å². The molecule has 2 nitrogen and oxygen atoms in total. The molecular weight excluding hydrogens is 247 g/mol. The van der Waals surface area contributed by atoms with E-state index in [0.717, 1.165) is 5.56 Å². The first kappa shape index (κ1) is 13.3. The normalized spacial score (nSPS) is 12.8. The van der Waals surface area contributed by atoms with E-state index in [0.29, 0.717) is 10.0 Å². The van der Waals surface area contributed by atoms with Crippen molar-refractivity contribution < 1.29 is 9.90 Å². The third-order valence-corrected chi connectivity index (χ3v) is 3.12. The molecule has 88 valence electrons. The molecule has 0 heterocycles. The van der Waals surface area contributed by atoms with Crippen LogP contribution in [0, 0.1) is 5.92 Å². The van der Waals surface area contributed by atoms with E-state index in [-0.39, 0.29) is 18.3 Å². The van der Waals surface area contributed by atoms with Gasteiger partial charge in [-0.25, -0.2) is 0 Å². The van der Waals surface area contributed by atoms with Gasteiger partial charge in [0.25, 0.3) is 0 Å². The smallest absolute Gasteiger partial charge is 0.303 e. The molecule has 1 rings (SSSR count). The summed E-state index contributed by atoms with van der Waals surface area (Å²) in [6.45, 7) is 3.97. The number of benzene rings is 1. The van der Waals surface area contributed by atoms with Crippen molar-refractivity contribution in [3.05, 3.63) is 33.8 Å². The van der Waals surface area contributed by atoms with E-state index >= 15 is 0 Å². The van der Waals surface area contributed by atoms with Gasteiger partial charge in [0.1, 0.15) is 0 Å². The van der Waals surface area contributed by atoms with Gasteiger partial charge >= 0.3 is 5.97 Å². The number of hydrogen-bond acceptors (Lipinski definition) is 1. The zero-order valence-corrected chi connectivity index (χ0v) is 10.7. The zero-order valence-electron chi connectivity index (χ0n) is 9.21. The molecule has 0 bridgehead atoms. The second kappa shape index (κ2) is 5.55. The quantitative estimate of drug-likeness (QED) is 0.881. The largest absolute Gasteiger partial charge is 0.481 e. The van der Waals surface area contributed by atoms with Gasteiger partial charge < -0.3 is 5.11 Å². The van der Waals surface area contributed by atoms with Crippen LogP contribution in [0.1, 0.15) is 31.7 Å². The Labute approximate surface area is 105 Å². The molecule has 0 spiro atoms. The summed E-state index contributed by atoms with van der Waals surface area (Å²) in [6.07, 6.45) is 0.0824. The summed E-state index contributed by atoms with van der Waals surface area (Å²) < 4.78 is 0. The number of hydrogen-bond donors (Lipinski definition) is 1. The van der Waals surface area contributed by atoms with Crippen LogP contribution in [0.4, 0.5) is 0 Å². The average Bonchev–Trinajstić information content (AvgIpc) is 2.14. The molecule has 1 N–H and O–H groups in total. The minimum Gasteiger partial charge on any atom is -0.481 e. The summed E-state index contributed by atoms with van der Waals surface area (Å²) in [6, 6.07) is 5.19. The lowest BCUT2D eigenvalue weighted by Crippen LogP contribution is -2.12. The maximum atomic E-state index is 10.8. The Morgan fingerprint density at radius 3 is 2.44 bits per heavy atom. The van der Waals surface area contributed by atoms with E-state index in [1.165, 1.54) is 0 Å². The van der Waals surface area contributed by atoms with Crippen molar-refractivity contribution in [2.45, 2.75) is 26.2 Å². The first-order valence-corrected chi connectivity index (χ1v) is 5.84. The van der Waals surface area contributed by atoms with Crippen LogP contribution < -0.4 is 0 Å². The summed E-state index contributed by atoms with van der Waals surface area (Å²) in [5.41, 5.74) is 0.850. The predicted molar refractivity (Wildman–Crippen MR) is 66.3 cm³/mol. The SMILES string of the molecule is CC(C)C(CC(=O)O)c1ccc(Cl)cc1Cl. The third-order valence-electron chi connectivity index (χ3n) is 2.56. The van der Waals surface area contributed by atoms with Gasteiger partial charge in [-0.15, -0.1) is 0 Å². The van der Waals surface area contributed by atoms with Crippen LogP contribution in [0.2, 0.25) is 10.0 Å². The van der Waals surface area contributed by atoms with Gasteiger partial charge in [0.2, 0.25) is 0 Å². The maximum Gasteiger partial charge on any atom is 0.303 e. The molecule has 0 aromatic heterocycles. The van der Waals surface area contributed by atoms with Gasteiger partial charge in [-0.2, -0.15) is 0 Å². The molecule has 16 heavy (non-hydrogen) atoms. The van der Waals surface area contributed by atoms with Crippen LogP contribution in [0.15, 0.2) is 18.2 Å². The van der Waals surface area contributed by atoms with Gasteiger partial charge in [0, 0.05) is 10.0 Å². The number of aliphatic carboxylic acids is 1. The fourth-order valence-corrected chi connectivity index (χ4v) is 2.24. The summed E-state index contributed by atoms with van der Waals surface area (Å²) in [4.78, 5) is 10.8. The van der Waals surface area contributed by atoms with E-state index in [2.05, 4.69) is 0 Å². The number of carboxylic acids is 1. The van der Waals surface area contributed by atoms with Crippen LogP contribution in [-0.4, -0.2) is 11.1 Å². The Bertz CT molecular complexity index is 389. The molecule has 0 aliphatic rings. The monoisotopic (exact) mass is 260 g/mol. The van der Waals surface area contributed by atoms with Crippen LogP contribution in [0.5, 0.6) is 0 Å². The molecule has 1 aromatic carbocycles. The molecule has 0 radical (unpaired) electrons. The Morgan fingerprint density at radius 2 is 2.00 bits per heavy atom. The van der Waals surface area contributed by atoms with Crippen molar-refractivity contribution in [3.8, 4) is 0 Å². The van der Waals surface area contributed by atoms with E-state index in [1.54, 1.807) is 18.2 Å². The third kappa shape index (κ3) is 3.39. The van der Waals surface area contributed by atoms with E-state index in [9.17, 15) is 4.79 Å². The van der Waals surface area contributed by atoms with E-state index in [4.69, 9.17) is 28.3 Å². The number of carboxylic acid groups (broad SMARTS) is 1. The van der Waals surface area contributed by atoms with Crippen molar-refractivity contribution in [2.75, 3.05) is 0 Å². The minimum atomic E-state index is -0.815. The maximum absolute atomic E-state index is 10.8. The molecule has 0 saturated carbocycles. The Morgan fingerprint density at radius 1 is 1.38 bits per heavy atom. The Hall–Kier alpha value is -0.730. The number of rotatable bonds is 4. The van der Waals surface area contributed by atoms with Gasteiger partial charge in [0.05, 0.1) is 6.42 Å². The molecule has 1 unspecified atom stereocenters. The summed E-state index contributed by atoms with van der Waals surface area (Å²) in [7, 11) is 0. The van der Waals surface area contributed by atoms with Crippen molar-refractivity contribution in [2.24, 2.45) is 5.92 Å². The second-order valence-corrected chi connectivity index (χ2v) is 4.96. The highest BCUT2D eigenvalue weighted by Gasteiger charge is 2.21. The summed E-state index contributed by atoms with van der Waals surface area (Å²) in [5.74, 6) is -0.679. The van der Waals surface area contributed by atoms with Crippen LogP contribution in [0.3, 0.4) is 0 Å². The highest BCUT2D eigenvalue weighted by atomic mass is 35.5. The van der Waals surface area contributed by atoms with Gasteiger partial charge in [-0.1, -0.05) is 43.1 Å². The van der Waals surface area contributed by atoms with E-state index < -0.39 is 5.97 Å². The summed E-state index contributed by atoms with van der Waals surface area (Å²) >= 11 is 11.9. The van der Waals surface area contributed by atoms with Gasteiger partial charge in [0.15, 0.2) is 0 Å². The fourth-order valence-electron chi connectivity index (χ4n) is 1.70. The van der Waals surface area contributed by atoms with Crippen LogP contribution in [0.25, 0.3) is 0 Å². The second-order valence-electron chi connectivity index (χ2n) is 4.11. The lowest BCUT2D eigenvalue weighted by Gasteiger charge is -2.20. The molecule has 0 aliphatic carbocycles. The molecule has 1 aromatic rings. The van der Waals surface area contributed by atoms with Crippen LogP contribution in [-0.2, 0) is 4.79 Å². The van der Waals surface area contributed by atoms with Crippen molar-refractivity contribution >= 4 is 29.2 Å². The predicted octanol–water partition coefficient (Wildman–Crippen LogP) is 4.21. The van der Waals surface area contributed by atoms with Gasteiger partial charge in [-0.3, -0.25) is 4.79 Å². The minimum absolute atomic E-state index is 0.0812. The number of halogens is 2. The van der Waals surface area contributed by atoms with Crippen LogP contribution >= 0.6 is 23.2 Å². The molecule has 0 amide bonds. The van der Waals surface area contributed by atoms with Crippen molar-refractivity contribution in [1.29, 1.82) is 0 Å². The molecule has 0 fully saturated rings. The first-order chi connectivity index (χ1) is 7.41. The number of carbonyl (C=O) groups is 1. The molecule has 1 atom stereocenters. The van der Waals surface area contributed by atoms with E-state index in [1.807, 2.05) is 13.8 Å². The molecule has 0 aliphatic heterocycles. The zero-order chi connectivity index (χ0) is 12.3. The van der Waals surface area contributed by atoms with Crippen molar-refractivity contribution in [3.63, 3.8) is 0 Å². The Balaban J connectivity index is 3.05. The fraction of sp³-hybridized carbons (Fsp3) is 0.417. The standard InChI is InChI=1S/C12H14Cl2O2/c1-7(2)10(6-12(15)16)9-4-3-8(13)5-11(9)14/h3-5,7,10H,6H2,1-2H3,(H,15,16). The topological polar surface area (TPSA) is 37.3 Å². The Kier molecular flexibility index (Phi) is 4.63.